The monoisotopic (exact) mass is 511 g/mol. The van der Waals surface area contributed by atoms with Crippen molar-refractivity contribution in [2.24, 2.45) is 10.8 Å². The van der Waals surface area contributed by atoms with Crippen molar-refractivity contribution in [2.45, 2.75) is 38.0 Å². The Hall–Kier alpha value is -3.21. The summed E-state index contributed by atoms with van der Waals surface area (Å²) in [4.78, 5) is 44.5. The Balaban J connectivity index is 1.47. The average Bonchev–Trinajstić information content (AvgIpc) is 2.70. The second-order valence-electron chi connectivity index (χ2n) is 9.48. The molecule has 0 spiro atoms. The van der Waals surface area contributed by atoms with E-state index >= 15 is 0 Å². The van der Waals surface area contributed by atoms with Crippen LogP contribution in [0.15, 0.2) is 36.5 Å². The van der Waals surface area contributed by atoms with Crippen LogP contribution < -0.4 is 4.90 Å². The van der Waals surface area contributed by atoms with Gasteiger partial charge in [0, 0.05) is 18.2 Å². The number of nitrogens with zero attached hydrogens (tertiary/aromatic N) is 3. The topological polar surface area (TPSA) is 90.8 Å². The highest BCUT2D eigenvalue weighted by Crippen LogP contribution is 2.75. The summed E-state index contributed by atoms with van der Waals surface area (Å²) >= 11 is 5.75. The summed E-state index contributed by atoms with van der Waals surface area (Å²) in [5.74, 6) is -3.42. The van der Waals surface area contributed by atoms with Crippen LogP contribution in [0.3, 0.4) is 0 Å². The molecule has 2 bridgehead atoms. The van der Waals surface area contributed by atoms with Crippen LogP contribution in [-0.2, 0) is 27.1 Å². The standard InChI is InChI=1S/C23H18ClF4N3O4/c24-14-5-15(25)18(29-6-14)31-8-16(32)30(7-12-1-3-13(4-2-12)23(26,27)28)17(19(31)33)21-9-22(10-21,11-21)20(34)35/h1-6,17H,7-11H2,(H,34,35). The molecule has 1 atom stereocenters. The lowest BCUT2D eigenvalue weighted by Gasteiger charge is -2.71. The molecule has 1 aromatic heterocycles. The van der Waals surface area contributed by atoms with Gasteiger partial charge in [0.2, 0.25) is 5.91 Å². The van der Waals surface area contributed by atoms with Crippen molar-refractivity contribution < 1.29 is 37.1 Å². The van der Waals surface area contributed by atoms with E-state index in [4.69, 9.17) is 11.6 Å². The fraction of sp³-hybridized carbons (Fsp3) is 0.391. The van der Waals surface area contributed by atoms with E-state index < -0.39 is 58.8 Å². The van der Waals surface area contributed by atoms with Crippen molar-refractivity contribution in [1.29, 1.82) is 0 Å². The predicted octanol–water partition coefficient (Wildman–Crippen LogP) is 3.89. The Morgan fingerprint density at radius 2 is 1.80 bits per heavy atom. The summed E-state index contributed by atoms with van der Waals surface area (Å²) in [5, 5.41) is 9.51. The summed E-state index contributed by atoms with van der Waals surface area (Å²) in [5.41, 5.74) is -2.24. The molecule has 3 aliphatic carbocycles. The fourth-order valence-electron chi connectivity index (χ4n) is 5.67. The number of carbonyl (C=O) groups excluding carboxylic acids is 2. The largest absolute Gasteiger partial charge is 0.481 e. The number of benzene rings is 1. The molecule has 1 aromatic carbocycles. The number of rotatable bonds is 5. The highest BCUT2D eigenvalue weighted by molar-refractivity contribution is 6.30. The Morgan fingerprint density at radius 3 is 2.34 bits per heavy atom. The number of amides is 2. The maximum Gasteiger partial charge on any atom is 0.416 e. The van der Waals surface area contributed by atoms with Gasteiger partial charge in [0.25, 0.3) is 5.91 Å². The number of carboxylic acids is 1. The van der Waals surface area contributed by atoms with Crippen LogP contribution in [0, 0.1) is 16.6 Å². The molecule has 0 radical (unpaired) electrons. The minimum absolute atomic E-state index is 0.00494. The summed E-state index contributed by atoms with van der Waals surface area (Å²) in [7, 11) is 0. The summed E-state index contributed by atoms with van der Waals surface area (Å²) in [6, 6.07) is 4.09. The molecule has 6 rings (SSSR count). The number of hydrogen-bond acceptors (Lipinski definition) is 4. The van der Waals surface area contributed by atoms with Crippen LogP contribution in [0.5, 0.6) is 0 Å². The van der Waals surface area contributed by atoms with Crippen molar-refractivity contribution in [3.05, 3.63) is 58.5 Å². The number of aromatic nitrogens is 1. The number of hydrogen-bond donors (Lipinski definition) is 1. The molecule has 1 unspecified atom stereocenters. The van der Waals surface area contributed by atoms with E-state index in [0.29, 0.717) is 5.56 Å². The van der Waals surface area contributed by atoms with Gasteiger partial charge in [-0.1, -0.05) is 23.7 Å². The Bertz CT molecular complexity index is 1230. The zero-order valence-corrected chi connectivity index (χ0v) is 18.7. The molecule has 35 heavy (non-hydrogen) atoms. The molecule has 2 heterocycles. The van der Waals surface area contributed by atoms with Crippen LogP contribution in [-0.4, -0.2) is 45.4 Å². The lowest BCUT2D eigenvalue weighted by atomic mass is 9.33. The maximum absolute atomic E-state index is 14.6. The zero-order valence-electron chi connectivity index (χ0n) is 18.0. The van der Waals surface area contributed by atoms with E-state index in [-0.39, 0.29) is 36.6 Å². The van der Waals surface area contributed by atoms with Crippen molar-refractivity contribution in [2.75, 3.05) is 11.4 Å². The smallest absolute Gasteiger partial charge is 0.416 e. The van der Waals surface area contributed by atoms with E-state index in [1.165, 1.54) is 17.0 Å². The van der Waals surface area contributed by atoms with Crippen molar-refractivity contribution in [1.82, 2.24) is 9.88 Å². The second-order valence-corrected chi connectivity index (χ2v) is 9.92. The molecule has 12 heteroatoms. The van der Waals surface area contributed by atoms with E-state index in [0.717, 1.165) is 29.3 Å². The second kappa shape index (κ2) is 7.64. The van der Waals surface area contributed by atoms with Gasteiger partial charge in [-0.15, -0.1) is 0 Å². The number of carbonyl (C=O) groups is 3. The van der Waals surface area contributed by atoms with Crippen molar-refractivity contribution >= 4 is 35.2 Å². The molecule has 4 fully saturated rings. The van der Waals surface area contributed by atoms with Gasteiger partial charge in [-0.2, -0.15) is 13.2 Å². The third kappa shape index (κ3) is 3.64. The number of anilines is 1. The summed E-state index contributed by atoms with van der Waals surface area (Å²) in [6.07, 6.45) is -2.86. The van der Waals surface area contributed by atoms with Crippen molar-refractivity contribution in [3.63, 3.8) is 0 Å². The quantitative estimate of drug-likeness (QED) is 0.615. The lowest BCUT2D eigenvalue weighted by molar-refractivity contribution is -0.244. The number of carboxylic acid groups (broad SMARTS) is 1. The summed E-state index contributed by atoms with van der Waals surface area (Å²) < 4.78 is 53.3. The molecule has 184 valence electrons. The fourth-order valence-corrected chi connectivity index (χ4v) is 5.81. The van der Waals surface area contributed by atoms with Crippen LogP contribution >= 0.6 is 11.6 Å². The number of pyridine rings is 1. The molecule has 3 saturated carbocycles. The normalized spacial score (nSPS) is 28.0. The number of halogens is 5. The number of piperazine rings is 1. The van der Waals surface area contributed by atoms with Gasteiger partial charge in [0.15, 0.2) is 11.6 Å². The molecule has 1 saturated heterocycles. The maximum atomic E-state index is 14.6. The van der Waals surface area contributed by atoms with E-state index in [1.807, 2.05) is 0 Å². The van der Waals surface area contributed by atoms with E-state index in [9.17, 15) is 37.1 Å². The van der Waals surface area contributed by atoms with Crippen LogP contribution in [0.1, 0.15) is 30.4 Å². The predicted molar refractivity (Wildman–Crippen MR) is 114 cm³/mol. The number of alkyl halides is 3. The molecule has 7 nitrogen and oxygen atoms in total. The van der Waals surface area contributed by atoms with Crippen LogP contribution in [0.25, 0.3) is 0 Å². The molecule has 4 aliphatic rings. The summed E-state index contributed by atoms with van der Waals surface area (Å²) in [6.45, 7) is -0.679. The minimum atomic E-state index is -4.52. The molecule has 1 N–H and O–H groups in total. The molecule has 2 aromatic rings. The Kier molecular flexibility index (Phi) is 5.14. The first-order valence-electron chi connectivity index (χ1n) is 10.7. The minimum Gasteiger partial charge on any atom is -0.481 e. The first kappa shape index (κ1) is 23.5. The molecule has 1 aliphatic heterocycles. The zero-order chi connectivity index (χ0) is 25.3. The highest BCUT2D eigenvalue weighted by atomic mass is 35.5. The third-order valence-corrected chi connectivity index (χ3v) is 7.42. The van der Waals surface area contributed by atoms with Crippen molar-refractivity contribution in [3.8, 4) is 0 Å². The SMILES string of the molecule is O=C1C(C23CC(C(=O)O)(C2)C3)N(Cc2ccc(C(F)(F)F)cc2)C(=O)CN1c1ncc(Cl)cc1F. The van der Waals surface area contributed by atoms with Gasteiger partial charge in [0.1, 0.15) is 12.6 Å². The van der Waals surface area contributed by atoms with Crippen LogP contribution in [0.4, 0.5) is 23.4 Å². The van der Waals surface area contributed by atoms with Gasteiger partial charge in [0.05, 0.1) is 16.0 Å². The lowest BCUT2D eigenvalue weighted by Crippen LogP contribution is -2.77. The first-order valence-corrected chi connectivity index (χ1v) is 11.0. The highest BCUT2D eigenvalue weighted by Gasteiger charge is 2.77. The van der Waals surface area contributed by atoms with Gasteiger partial charge in [-0.05, 0) is 43.0 Å². The first-order chi connectivity index (χ1) is 16.4. The third-order valence-electron chi connectivity index (χ3n) is 7.21. The van der Waals surface area contributed by atoms with Crippen LogP contribution in [0.2, 0.25) is 5.02 Å². The van der Waals surface area contributed by atoms with E-state index in [1.54, 1.807) is 0 Å². The van der Waals surface area contributed by atoms with E-state index in [2.05, 4.69) is 4.98 Å². The average molecular weight is 512 g/mol. The van der Waals surface area contributed by atoms with Gasteiger partial charge in [-0.3, -0.25) is 19.3 Å². The molecule has 2 amide bonds. The van der Waals surface area contributed by atoms with Gasteiger partial charge >= 0.3 is 12.1 Å². The number of aliphatic carboxylic acids is 1. The Labute approximate surface area is 201 Å². The Morgan fingerprint density at radius 1 is 1.17 bits per heavy atom. The van der Waals surface area contributed by atoms with Gasteiger partial charge in [-0.25, -0.2) is 9.37 Å². The molecular weight excluding hydrogens is 494 g/mol. The molecular formula is C23H18ClF4N3O4. The van der Waals surface area contributed by atoms with Gasteiger partial charge < -0.3 is 10.0 Å².